The second kappa shape index (κ2) is 4.56. The van der Waals surface area contributed by atoms with E-state index in [9.17, 15) is 16.8 Å². The molecular formula is C13H12I2O4S2. The van der Waals surface area contributed by atoms with Crippen LogP contribution in [0.15, 0.2) is 21.9 Å². The summed E-state index contributed by atoms with van der Waals surface area (Å²) < 4.78 is 53.3. The average molecular weight is 550 g/mol. The van der Waals surface area contributed by atoms with Crippen molar-refractivity contribution in [2.24, 2.45) is 11.8 Å². The Labute approximate surface area is 151 Å². The third kappa shape index (κ3) is 1.87. The van der Waals surface area contributed by atoms with E-state index in [1.165, 1.54) is 6.07 Å². The van der Waals surface area contributed by atoms with Gasteiger partial charge in [-0.05, 0) is 88.4 Å². The van der Waals surface area contributed by atoms with Gasteiger partial charge in [-0.1, -0.05) is 0 Å². The lowest BCUT2D eigenvalue weighted by Crippen LogP contribution is -2.48. The first-order valence-electron chi connectivity index (χ1n) is 6.71. The van der Waals surface area contributed by atoms with E-state index in [0.717, 1.165) is 22.8 Å². The van der Waals surface area contributed by atoms with Gasteiger partial charge in [0.15, 0.2) is 19.7 Å². The zero-order valence-corrected chi connectivity index (χ0v) is 16.7. The summed E-state index contributed by atoms with van der Waals surface area (Å²) in [5, 5.41) is -1.44. The highest BCUT2D eigenvalue weighted by molar-refractivity contribution is 14.1. The molecule has 1 aromatic rings. The minimum absolute atomic E-state index is 0.0167. The lowest BCUT2D eigenvalue weighted by atomic mass is 10.00. The quantitative estimate of drug-likeness (QED) is 0.467. The predicted octanol–water partition coefficient (Wildman–Crippen LogP) is 2.62. The van der Waals surface area contributed by atoms with Crippen molar-refractivity contribution < 1.29 is 16.8 Å². The Hall–Kier alpha value is 0.580. The van der Waals surface area contributed by atoms with Crippen molar-refractivity contribution >= 4 is 64.9 Å². The van der Waals surface area contributed by atoms with Crippen LogP contribution in [0.5, 0.6) is 0 Å². The third-order valence-electron chi connectivity index (χ3n) is 5.05. The molecule has 0 N–H and O–H groups in total. The number of rotatable bonds is 0. The molecule has 2 bridgehead atoms. The molecule has 0 saturated heterocycles. The molecule has 1 heterocycles. The summed E-state index contributed by atoms with van der Waals surface area (Å²) in [4.78, 5) is 0.0879. The number of hydrogen-bond acceptors (Lipinski definition) is 4. The summed E-state index contributed by atoms with van der Waals surface area (Å²) in [6, 6.07) is 3.26. The van der Waals surface area contributed by atoms with Gasteiger partial charge in [0.05, 0.1) is 20.3 Å². The van der Waals surface area contributed by atoms with Crippen LogP contribution >= 0.6 is 45.2 Å². The monoisotopic (exact) mass is 550 g/mol. The molecule has 3 aliphatic rings. The highest BCUT2D eigenvalue weighted by Crippen LogP contribution is 2.56. The summed E-state index contributed by atoms with van der Waals surface area (Å²) in [5.41, 5.74) is 0. The molecule has 4 atom stereocenters. The van der Waals surface area contributed by atoms with Crippen LogP contribution in [0.2, 0.25) is 0 Å². The van der Waals surface area contributed by atoms with Gasteiger partial charge in [0, 0.05) is 7.14 Å². The minimum Gasteiger partial charge on any atom is -0.223 e. The fraction of sp³-hybridized carbons (Fsp3) is 0.538. The molecule has 4 rings (SSSR count). The van der Waals surface area contributed by atoms with E-state index >= 15 is 0 Å². The van der Waals surface area contributed by atoms with Gasteiger partial charge in [0.2, 0.25) is 0 Å². The molecule has 1 aliphatic heterocycles. The van der Waals surface area contributed by atoms with Crippen LogP contribution in [0.1, 0.15) is 19.3 Å². The lowest BCUT2D eigenvalue weighted by Gasteiger charge is -2.35. The summed E-state index contributed by atoms with van der Waals surface area (Å²) >= 11 is 3.99. The summed E-state index contributed by atoms with van der Waals surface area (Å²) in [5.74, 6) is 0.0338. The van der Waals surface area contributed by atoms with Crippen LogP contribution < -0.4 is 0 Å². The molecule has 2 saturated carbocycles. The Morgan fingerprint density at radius 1 is 0.905 bits per heavy atom. The van der Waals surface area contributed by atoms with E-state index in [0.29, 0.717) is 3.57 Å². The van der Waals surface area contributed by atoms with Gasteiger partial charge in [-0.15, -0.1) is 0 Å². The largest absolute Gasteiger partial charge is 0.223 e. The molecule has 114 valence electrons. The number of benzene rings is 1. The lowest BCUT2D eigenvalue weighted by molar-refractivity contribution is 0.445. The Morgan fingerprint density at radius 2 is 1.48 bits per heavy atom. The number of halogens is 2. The van der Waals surface area contributed by atoms with Gasteiger partial charge in [0.1, 0.15) is 0 Å². The van der Waals surface area contributed by atoms with Gasteiger partial charge in [-0.3, -0.25) is 0 Å². The summed E-state index contributed by atoms with van der Waals surface area (Å²) in [6.45, 7) is 0. The first kappa shape index (κ1) is 15.1. The van der Waals surface area contributed by atoms with Crippen molar-refractivity contribution in [1.82, 2.24) is 0 Å². The van der Waals surface area contributed by atoms with Gasteiger partial charge < -0.3 is 0 Å². The summed E-state index contributed by atoms with van der Waals surface area (Å²) in [6.07, 6.45) is 2.43. The van der Waals surface area contributed by atoms with Crippen LogP contribution in [0.4, 0.5) is 0 Å². The van der Waals surface area contributed by atoms with Crippen molar-refractivity contribution in [3.63, 3.8) is 0 Å². The molecule has 8 heteroatoms. The van der Waals surface area contributed by atoms with Crippen LogP contribution in [0.25, 0.3) is 0 Å². The average Bonchev–Trinajstić information content (AvgIpc) is 2.96. The molecule has 0 radical (unpaired) electrons. The van der Waals surface area contributed by atoms with Crippen LogP contribution in [0, 0.1) is 19.0 Å². The van der Waals surface area contributed by atoms with Crippen molar-refractivity contribution in [3.8, 4) is 0 Å². The molecule has 0 spiro atoms. The van der Waals surface area contributed by atoms with Crippen molar-refractivity contribution in [2.45, 2.75) is 39.6 Å². The maximum Gasteiger partial charge on any atom is 0.185 e. The van der Waals surface area contributed by atoms with E-state index in [-0.39, 0.29) is 21.6 Å². The van der Waals surface area contributed by atoms with Crippen molar-refractivity contribution in [3.05, 3.63) is 19.3 Å². The predicted molar refractivity (Wildman–Crippen MR) is 94.7 cm³/mol. The summed E-state index contributed by atoms with van der Waals surface area (Å²) in [7, 11) is -7.11. The van der Waals surface area contributed by atoms with E-state index in [4.69, 9.17) is 0 Å². The van der Waals surface area contributed by atoms with Gasteiger partial charge in [0.25, 0.3) is 0 Å². The van der Waals surface area contributed by atoms with Gasteiger partial charge in [-0.25, -0.2) is 16.8 Å². The Bertz CT molecular complexity index is 860. The molecule has 0 amide bonds. The van der Waals surface area contributed by atoms with E-state index in [1.807, 2.05) is 45.2 Å². The standard InChI is InChI=1S/C13H12I2O4S2/c14-8-4-9(15)13-10(5-8)20(16,17)11-6-1-2-7(3-6)12(11)21(13,18)19/h4-7,11-12H,1-3H2. The SMILES string of the molecule is O=S1(=O)c2cc(I)cc(I)c2S(=O)(=O)C2C3CCC(C3)C21. The Balaban J connectivity index is 2.12. The second-order valence-corrected chi connectivity index (χ2v) is 12.6. The maximum absolute atomic E-state index is 13.0. The van der Waals surface area contributed by atoms with Gasteiger partial charge >= 0.3 is 0 Å². The topological polar surface area (TPSA) is 68.3 Å². The first-order chi connectivity index (χ1) is 9.74. The zero-order chi connectivity index (χ0) is 15.2. The molecule has 2 fully saturated rings. The smallest absolute Gasteiger partial charge is 0.185 e. The van der Waals surface area contributed by atoms with E-state index in [1.54, 1.807) is 6.07 Å². The Kier molecular flexibility index (Phi) is 3.29. The second-order valence-electron chi connectivity index (χ2n) is 6.07. The van der Waals surface area contributed by atoms with Crippen molar-refractivity contribution in [1.29, 1.82) is 0 Å². The van der Waals surface area contributed by atoms with Crippen LogP contribution in [-0.2, 0) is 19.7 Å². The van der Waals surface area contributed by atoms with Crippen LogP contribution in [-0.4, -0.2) is 27.3 Å². The highest BCUT2D eigenvalue weighted by atomic mass is 127. The highest BCUT2D eigenvalue weighted by Gasteiger charge is 2.62. The zero-order valence-electron chi connectivity index (χ0n) is 10.8. The number of sulfone groups is 2. The van der Waals surface area contributed by atoms with Gasteiger partial charge in [-0.2, -0.15) is 0 Å². The van der Waals surface area contributed by atoms with Crippen molar-refractivity contribution in [2.75, 3.05) is 0 Å². The molecule has 2 aliphatic carbocycles. The minimum atomic E-state index is -3.56. The molecular weight excluding hydrogens is 538 g/mol. The maximum atomic E-state index is 13.0. The normalized spacial score (nSPS) is 38.0. The molecule has 21 heavy (non-hydrogen) atoms. The van der Waals surface area contributed by atoms with Crippen LogP contribution in [0.3, 0.4) is 0 Å². The third-order valence-corrected chi connectivity index (χ3v) is 11.9. The Morgan fingerprint density at radius 3 is 2.10 bits per heavy atom. The fourth-order valence-corrected chi connectivity index (χ4v) is 13.6. The molecule has 0 aromatic heterocycles. The molecule has 4 unspecified atom stereocenters. The fourth-order valence-electron chi connectivity index (χ4n) is 4.35. The number of fused-ring (bicyclic) bond motifs is 6. The molecule has 4 nitrogen and oxygen atoms in total. The number of hydrogen-bond donors (Lipinski definition) is 0. The first-order valence-corrected chi connectivity index (χ1v) is 12.0. The van der Waals surface area contributed by atoms with E-state index < -0.39 is 30.2 Å². The van der Waals surface area contributed by atoms with E-state index in [2.05, 4.69) is 0 Å². The molecule has 1 aromatic carbocycles.